The van der Waals surface area contributed by atoms with Crippen molar-refractivity contribution in [1.29, 1.82) is 0 Å². The van der Waals surface area contributed by atoms with Crippen molar-refractivity contribution in [2.45, 2.75) is 32.3 Å². The molecule has 1 saturated carbocycles. The van der Waals surface area contributed by atoms with Crippen molar-refractivity contribution < 1.29 is 9.53 Å². The van der Waals surface area contributed by atoms with E-state index in [0.717, 1.165) is 18.4 Å². The van der Waals surface area contributed by atoms with Crippen molar-refractivity contribution in [2.24, 2.45) is 11.8 Å². The number of carbonyl (C=O) groups is 1. The molecule has 1 unspecified atom stereocenters. The Morgan fingerprint density at radius 1 is 1.33 bits per heavy atom. The van der Waals surface area contributed by atoms with Gasteiger partial charge in [0.05, 0.1) is 15.7 Å². The van der Waals surface area contributed by atoms with E-state index in [0.29, 0.717) is 15.7 Å². The van der Waals surface area contributed by atoms with Crippen LogP contribution in [0.25, 0.3) is 0 Å². The molecule has 1 aromatic rings. The Bertz CT molecular complexity index is 671. The van der Waals surface area contributed by atoms with Crippen molar-refractivity contribution in [1.82, 2.24) is 0 Å². The van der Waals surface area contributed by atoms with Gasteiger partial charge in [0.15, 0.2) is 0 Å². The van der Waals surface area contributed by atoms with Crippen LogP contribution in [0.1, 0.15) is 32.3 Å². The van der Waals surface area contributed by atoms with Crippen LogP contribution in [-0.4, -0.2) is 6.09 Å². The number of hydrogen-bond donors (Lipinski definition) is 1. The molecule has 1 heterocycles. The van der Waals surface area contributed by atoms with Crippen molar-refractivity contribution in [2.75, 3.05) is 5.32 Å². The van der Waals surface area contributed by atoms with Crippen LogP contribution >= 0.6 is 23.2 Å². The average molecular weight is 324 g/mol. The number of ether oxygens (including phenoxy) is 1. The molecule has 0 radical (unpaired) electrons. The van der Waals surface area contributed by atoms with Gasteiger partial charge in [0.25, 0.3) is 0 Å². The zero-order valence-electron chi connectivity index (χ0n) is 11.8. The summed E-state index contributed by atoms with van der Waals surface area (Å²) in [5, 5.41) is 3.52. The summed E-state index contributed by atoms with van der Waals surface area (Å²) in [6, 6.07) is 3.42. The Kier molecular flexibility index (Phi) is 3.55. The van der Waals surface area contributed by atoms with Gasteiger partial charge >= 0.3 is 6.09 Å². The Morgan fingerprint density at radius 3 is 2.62 bits per heavy atom. The number of nitrogens with one attached hydrogen (secondary N) is 1. The molecule has 0 spiro atoms. The minimum Gasteiger partial charge on any atom is -0.425 e. The zero-order valence-corrected chi connectivity index (χ0v) is 13.3. The first kappa shape index (κ1) is 14.6. The van der Waals surface area contributed by atoms with E-state index in [-0.39, 0.29) is 11.8 Å². The number of hydrogen-bond acceptors (Lipinski definition) is 2. The van der Waals surface area contributed by atoms with Gasteiger partial charge in [0.1, 0.15) is 0 Å². The molecule has 0 aromatic heterocycles. The number of carbonyl (C=O) groups excluding carboxylic acids is 1. The molecule has 0 bridgehead atoms. The maximum absolute atomic E-state index is 11.9. The lowest BCUT2D eigenvalue weighted by Crippen LogP contribution is -2.40. The summed E-state index contributed by atoms with van der Waals surface area (Å²) in [4.78, 5) is 11.9. The fraction of sp³-hybridized carbons (Fsp3) is 0.438. The molecule has 1 atom stereocenters. The first-order valence-electron chi connectivity index (χ1n) is 6.94. The van der Waals surface area contributed by atoms with Gasteiger partial charge in [0.2, 0.25) is 5.60 Å². The minimum absolute atomic E-state index is 0.195. The highest BCUT2D eigenvalue weighted by atomic mass is 35.5. The summed E-state index contributed by atoms with van der Waals surface area (Å²) in [6.45, 7) is 4.01. The molecule has 0 saturated heterocycles. The third kappa shape index (κ3) is 2.59. The van der Waals surface area contributed by atoms with E-state index in [1.807, 2.05) is 13.8 Å². The highest BCUT2D eigenvalue weighted by Gasteiger charge is 2.52. The molecular weight excluding hydrogens is 309 g/mol. The van der Waals surface area contributed by atoms with Gasteiger partial charge in [-0.2, -0.15) is 0 Å². The van der Waals surface area contributed by atoms with Crippen LogP contribution < -0.4 is 5.32 Å². The van der Waals surface area contributed by atoms with Crippen molar-refractivity contribution in [3.8, 4) is 11.8 Å². The van der Waals surface area contributed by atoms with Crippen LogP contribution in [0, 0.1) is 23.7 Å². The third-order valence-electron chi connectivity index (χ3n) is 3.65. The predicted octanol–water partition coefficient (Wildman–Crippen LogP) is 4.82. The Labute approximate surface area is 133 Å². The molecule has 110 valence electrons. The number of rotatable bonds is 1. The Balaban J connectivity index is 2.20. The van der Waals surface area contributed by atoms with Gasteiger partial charge < -0.3 is 4.74 Å². The van der Waals surface area contributed by atoms with Gasteiger partial charge in [-0.3, -0.25) is 5.32 Å². The molecule has 1 aliphatic carbocycles. The van der Waals surface area contributed by atoms with Gasteiger partial charge in [-0.15, -0.1) is 0 Å². The largest absolute Gasteiger partial charge is 0.425 e. The number of amides is 1. The summed E-state index contributed by atoms with van der Waals surface area (Å²) >= 11 is 12.2. The number of benzene rings is 1. The molecule has 3 nitrogen and oxygen atoms in total. The van der Waals surface area contributed by atoms with Crippen molar-refractivity contribution >= 4 is 35.0 Å². The van der Waals surface area contributed by atoms with E-state index in [4.69, 9.17) is 27.9 Å². The molecule has 5 heteroatoms. The lowest BCUT2D eigenvalue weighted by atomic mass is 9.86. The fourth-order valence-electron chi connectivity index (χ4n) is 2.53. The average Bonchev–Trinajstić information content (AvgIpc) is 3.22. The fourth-order valence-corrected chi connectivity index (χ4v) is 2.86. The molecule has 1 fully saturated rings. The molecule has 1 amide bonds. The number of halogens is 2. The number of fused-ring (bicyclic) bond motifs is 1. The Hall–Kier alpha value is -1.37. The van der Waals surface area contributed by atoms with Crippen molar-refractivity contribution in [3.05, 3.63) is 27.7 Å². The molecule has 1 aromatic carbocycles. The lowest BCUT2D eigenvalue weighted by Gasteiger charge is -2.35. The maximum Gasteiger partial charge on any atom is 0.413 e. The van der Waals surface area contributed by atoms with E-state index >= 15 is 0 Å². The second-order valence-corrected chi connectivity index (χ2v) is 6.57. The highest BCUT2D eigenvalue weighted by molar-refractivity contribution is 6.42. The van der Waals surface area contributed by atoms with Crippen LogP contribution in [0.15, 0.2) is 12.1 Å². The van der Waals surface area contributed by atoms with E-state index < -0.39 is 11.7 Å². The summed E-state index contributed by atoms with van der Waals surface area (Å²) in [6.07, 6.45) is 1.48. The van der Waals surface area contributed by atoms with Gasteiger partial charge in [0, 0.05) is 17.4 Å². The first-order chi connectivity index (χ1) is 9.92. The van der Waals surface area contributed by atoms with E-state index in [9.17, 15) is 4.79 Å². The number of cyclic esters (lactones) is 1. The number of anilines is 1. The van der Waals surface area contributed by atoms with Crippen LogP contribution in [0.2, 0.25) is 10.0 Å². The maximum atomic E-state index is 11.9. The van der Waals surface area contributed by atoms with E-state index in [1.54, 1.807) is 12.1 Å². The highest BCUT2D eigenvalue weighted by Crippen LogP contribution is 2.52. The van der Waals surface area contributed by atoms with Crippen LogP contribution in [-0.2, 0) is 10.3 Å². The SMILES string of the molecule is CC(C)C#CC1(C2CC2)OC(=O)Nc2cc(Cl)c(Cl)cc21. The normalized spacial score (nSPS) is 23.8. The second kappa shape index (κ2) is 5.12. The standard InChI is InChI=1S/C16H15Cl2NO2/c1-9(2)5-6-16(10-3-4-10)11-7-12(17)13(18)8-14(11)19-15(20)21-16/h7-10H,3-4H2,1-2H3,(H,19,20). The zero-order chi connectivity index (χ0) is 15.2. The van der Waals surface area contributed by atoms with Crippen LogP contribution in [0.4, 0.5) is 10.5 Å². The Morgan fingerprint density at radius 2 is 2.00 bits per heavy atom. The molecule has 1 N–H and O–H groups in total. The first-order valence-corrected chi connectivity index (χ1v) is 7.70. The topological polar surface area (TPSA) is 38.3 Å². The summed E-state index contributed by atoms with van der Waals surface area (Å²) < 4.78 is 5.64. The quantitative estimate of drug-likeness (QED) is 0.752. The molecule has 1 aliphatic heterocycles. The van der Waals surface area contributed by atoms with E-state index in [1.165, 1.54) is 0 Å². The summed E-state index contributed by atoms with van der Waals surface area (Å²) in [5.74, 6) is 6.75. The smallest absolute Gasteiger partial charge is 0.413 e. The second-order valence-electron chi connectivity index (χ2n) is 5.76. The third-order valence-corrected chi connectivity index (χ3v) is 4.37. The molecule has 21 heavy (non-hydrogen) atoms. The molecule has 2 aliphatic rings. The van der Waals surface area contributed by atoms with E-state index in [2.05, 4.69) is 17.2 Å². The molecular formula is C16H15Cl2NO2. The van der Waals surface area contributed by atoms with Gasteiger partial charge in [-0.05, 0) is 30.9 Å². The lowest BCUT2D eigenvalue weighted by molar-refractivity contribution is 0.0405. The van der Waals surface area contributed by atoms with Crippen molar-refractivity contribution in [3.63, 3.8) is 0 Å². The monoisotopic (exact) mass is 323 g/mol. The van der Waals surface area contributed by atoms with Crippen LogP contribution in [0.5, 0.6) is 0 Å². The predicted molar refractivity (Wildman–Crippen MR) is 83.6 cm³/mol. The van der Waals surface area contributed by atoms with Gasteiger partial charge in [-0.25, -0.2) is 4.79 Å². The minimum atomic E-state index is -0.907. The van der Waals surface area contributed by atoms with Crippen LogP contribution in [0.3, 0.4) is 0 Å². The summed E-state index contributed by atoms with van der Waals surface area (Å²) in [5.41, 5.74) is 0.522. The summed E-state index contributed by atoms with van der Waals surface area (Å²) in [7, 11) is 0. The van der Waals surface area contributed by atoms with Gasteiger partial charge in [-0.1, -0.05) is 43.0 Å². The molecule has 3 rings (SSSR count).